The fourth-order valence-corrected chi connectivity index (χ4v) is 4.75. The molecule has 0 amide bonds. The van der Waals surface area contributed by atoms with Gasteiger partial charge in [-0.2, -0.15) is 4.31 Å². The van der Waals surface area contributed by atoms with Crippen LogP contribution in [0.2, 0.25) is 0 Å². The first-order valence-corrected chi connectivity index (χ1v) is 7.33. The van der Waals surface area contributed by atoms with Crippen molar-refractivity contribution < 1.29 is 8.42 Å². The summed E-state index contributed by atoms with van der Waals surface area (Å²) in [6.07, 6.45) is 7.19. The lowest BCUT2D eigenvalue weighted by molar-refractivity contribution is 0.249. The summed E-state index contributed by atoms with van der Waals surface area (Å²) < 4.78 is 25.0. The second kappa shape index (κ2) is 3.49. The van der Waals surface area contributed by atoms with Crippen molar-refractivity contribution in [2.24, 2.45) is 5.92 Å². The van der Waals surface area contributed by atoms with Gasteiger partial charge in [0, 0.05) is 12.1 Å². The fraction of sp³-hybridized carbons (Fsp3) is 1.00. The molecule has 4 heteroatoms. The molecule has 3 nitrogen and oxygen atoms in total. The Hall–Kier alpha value is -0.0900. The maximum Gasteiger partial charge on any atom is 0.211 e. The molecule has 0 N–H and O–H groups in total. The summed E-state index contributed by atoms with van der Waals surface area (Å²) in [4.78, 5) is 0. The van der Waals surface area contributed by atoms with Gasteiger partial charge in [-0.1, -0.05) is 12.8 Å². The van der Waals surface area contributed by atoms with Crippen LogP contribution in [0.25, 0.3) is 0 Å². The molecule has 1 saturated heterocycles. The van der Waals surface area contributed by atoms with Crippen LogP contribution in [0.15, 0.2) is 0 Å². The van der Waals surface area contributed by atoms with E-state index in [4.69, 9.17) is 0 Å². The molecule has 0 radical (unpaired) electrons. The van der Waals surface area contributed by atoms with E-state index in [2.05, 4.69) is 0 Å². The van der Waals surface area contributed by atoms with Crippen molar-refractivity contribution in [3.63, 3.8) is 0 Å². The van der Waals surface area contributed by atoms with Gasteiger partial charge in [-0.05, 0) is 32.1 Å². The van der Waals surface area contributed by atoms with Crippen LogP contribution in [-0.2, 0) is 10.0 Å². The number of sulfonamides is 1. The summed E-state index contributed by atoms with van der Waals surface area (Å²) in [6, 6.07) is 0.534. The Morgan fingerprint density at radius 2 is 1.86 bits per heavy atom. The molecule has 0 aromatic carbocycles. The molecule has 0 bridgehead atoms. The lowest BCUT2D eigenvalue weighted by atomic mass is 9.85. The number of nitrogens with zero attached hydrogens (tertiary/aromatic N) is 1. The van der Waals surface area contributed by atoms with Crippen molar-refractivity contribution in [2.45, 2.75) is 51.1 Å². The average Bonchev–Trinajstić information content (AvgIpc) is 2.38. The minimum Gasteiger partial charge on any atom is -0.212 e. The molecule has 3 atom stereocenters. The van der Waals surface area contributed by atoms with E-state index < -0.39 is 10.0 Å². The largest absolute Gasteiger partial charge is 0.212 e. The van der Waals surface area contributed by atoms with Gasteiger partial charge in [-0.25, -0.2) is 8.42 Å². The van der Waals surface area contributed by atoms with Crippen molar-refractivity contribution in [2.75, 3.05) is 6.26 Å². The first-order valence-electron chi connectivity index (χ1n) is 5.48. The average molecular weight is 217 g/mol. The van der Waals surface area contributed by atoms with Crippen molar-refractivity contribution in [1.29, 1.82) is 0 Å². The molecule has 0 unspecified atom stereocenters. The second-order valence-corrected chi connectivity index (χ2v) is 6.68. The van der Waals surface area contributed by atoms with Gasteiger partial charge in [0.15, 0.2) is 0 Å². The Balaban J connectivity index is 2.24. The van der Waals surface area contributed by atoms with Gasteiger partial charge in [0.1, 0.15) is 0 Å². The van der Waals surface area contributed by atoms with E-state index in [-0.39, 0.29) is 6.04 Å². The van der Waals surface area contributed by atoms with E-state index in [0.29, 0.717) is 12.0 Å². The van der Waals surface area contributed by atoms with Gasteiger partial charge in [0.2, 0.25) is 10.0 Å². The van der Waals surface area contributed by atoms with Crippen molar-refractivity contribution >= 4 is 10.0 Å². The highest BCUT2D eigenvalue weighted by Crippen LogP contribution is 2.40. The Kier molecular flexibility index (Phi) is 2.60. The van der Waals surface area contributed by atoms with Gasteiger partial charge in [0.25, 0.3) is 0 Å². The van der Waals surface area contributed by atoms with E-state index in [0.717, 1.165) is 12.8 Å². The first-order chi connectivity index (χ1) is 6.50. The summed E-state index contributed by atoms with van der Waals surface area (Å²) in [5.74, 6) is 0.633. The van der Waals surface area contributed by atoms with Crippen LogP contribution in [0.1, 0.15) is 39.0 Å². The molecule has 2 rings (SSSR count). The van der Waals surface area contributed by atoms with Crippen LogP contribution < -0.4 is 0 Å². The van der Waals surface area contributed by atoms with Gasteiger partial charge in [0.05, 0.1) is 6.26 Å². The number of hydrogen-bond acceptors (Lipinski definition) is 2. The quantitative estimate of drug-likeness (QED) is 0.669. The van der Waals surface area contributed by atoms with Crippen LogP contribution in [0.5, 0.6) is 0 Å². The minimum atomic E-state index is -2.99. The molecule has 82 valence electrons. The maximum atomic E-state index is 11.6. The molecule has 0 spiro atoms. The smallest absolute Gasteiger partial charge is 0.211 e. The predicted molar refractivity (Wildman–Crippen MR) is 56.5 cm³/mol. The summed E-state index contributed by atoms with van der Waals surface area (Å²) in [7, 11) is -2.99. The number of rotatable bonds is 1. The first kappa shape index (κ1) is 10.4. The highest BCUT2D eigenvalue weighted by atomic mass is 32.2. The zero-order valence-electron chi connectivity index (χ0n) is 8.94. The van der Waals surface area contributed by atoms with E-state index in [1.54, 1.807) is 4.31 Å². The molecule has 14 heavy (non-hydrogen) atoms. The molecule has 1 aliphatic carbocycles. The monoisotopic (exact) mass is 217 g/mol. The predicted octanol–water partition coefficient (Wildman–Crippen LogP) is 1.60. The van der Waals surface area contributed by atoms with E-state index >= 15 is 0 Å². The molecular formula is C10H19NO2S. The van der Waals surface area contributed by atoms with Gasteiger partial charge in [-0.15, -0.1) is 0 Å². The third kappa shape index (κ3) is 1.70. The molecule has 2 aliphatic rings. The van der Waals surface area contributed by atoms with Crippen LogP contribution >= 0.6 is 0 Å². The van der Waals surface area contributed by atoms with Gasteiger partial charge < -0.3 is 0 Å². The topological polar surface area (TPSA) is 37.4 Å². The molecule has 1 heterocycles. The van der Waals surface area contributed by atoms with Gasteiger partial charge in [-0.3, -0.25) is 0 Å². The molecule has 0 aromatic rings. The van der Waals surface area contributed by atoms with Crippen LogP contribution in [0.3, 0.4) is 0 Å². The molecule has 2 fully saturated rings. The number of fused-ring (bicyclic) bond motifs is 1. The zero-order valence-corrected chi connectivity index (χ0v) is 9.76. The van der Waals surface area contributed by atoms with Crippen LogP contribution in [0, 0.1) is 5.92 Å². The normalized spacial score (nSPS) is 39.7. The van der Waals surface area contributed by atoms with Crippen molar-refractivity contribution in [3.8, 4) is 0 Å². The Morgan fingerprint density at radius 1 is 1.21 bits per heavy atom. The summed E-state index contributed by atoms with van der Waals surface area (Å²) in [6.45, 7) is 2.04. The number of hydrogen-bond donors (Lipinski definition) is 0. The van der Waals surface area contributed by atoms with Crippen LogP contribution in [0.4, 0.5) is 0 Å². The van der Waals surface area contributed by atoms with E-state index in [1.807, 2.05) is 6.92 Å². The lowest BCUT2D eigenvalue weighted by Crippen LogP contribution is -2.41. The molecule has 1 saturated carbocycles. The minimum absolute atomic E-state index is 0.220. The highest BCUT2D eigenvalue weighted by molar-refractivity contribution is 7.88. The Bertz CT molecular complexity index is 312. The maximum absolute atomic E-state index is 11.6. The molecule has 0 aromatic heterocycles. The fourth-order valence-electron chi connectivity index (χ4n) is 3.24. The summed E-state index contributed by atoms with van der Waals surface area (Å²) in [5, 5.41) is 0. The molecule has 1 aliphatic heterocycles. The van der Waals surface area contributed by atoms with Gasteiger partial charge >= 0.3 is 0 Å². The Labute approximate surface area is 86.5 Å². The second-order valence-electron chi connectivity index (χ2n) is 4.79. The third-order valence-electron chi connectivity index (χ3n) is 3.66. The Morgan fingerprint density at radius 3 is 2.50 bits per heavy atom. The molecular weight excluding hydrogens is 198 g/mol. The lowest BCUT2D eigenvalue weighted by Gasteiger charge is -2.31. The SMILES string of the molecule is C[C@@H]1C[C@@H]2CCCC[C@@H]2N1S(C)(=O)=O. The van der Waals surface area contributed by atoms with E-state index in [9.17, 15) is 8.42 Å². The zero-order chi connectivity index (χ0) is 10.3. The standard InChI is InChI=1S/C10H19NO2S/c1-8-7-9-5-3-4-6-10(9)11(8)14(2,12)13/h8-10H,3-7H2,1-2H3/t8-,9+,10+/m1/s1. The van der Waals surface area contributed by atoms with E-state index in [1.165, 1.54) is 25.5 Å². The highest BCUT2D eigenvalue weighted by Gasteiger charge is 2.44. The summed E-state index contributed by atoms with van der Waals surface area (Å²) >= 11 is 0. The summed E-state index contributed by atoms with van der Waals surface area (Å²) in [5.41, 5.74) is 0. The van der Waals surface area contributed by atoms with Crippen LogP contribution in [-0.4, -0.2) is 31.1 Å². The third-order valence-corrected chi connectivity index (χ3v) is 5.05. The van der Waals surface area contributed by atoms with Crippen molar-refractivity contribution in [1.82, 2.24) is 4.31 Å². The van der Waals surface area contributed by atoms with Crippen molar-refractivity contribution in [3.05, 3.63) is 0 Å².